The van der Waals surface area contributed by atoms with Gasteiger partial charge >= 0.3 is 19.8 Å². The van der Waals surface area contributed by atoms with E-state index in [9.17, 15) is 69.3 Å². The predicted molar refractivity (Wildman–Crippen MR) is 349 cm³/mol. The number of esters is 2. The van der Waals surface area contributed by atoms with Crippen LogP contribution in [0.5, 0.6) is 0 Å². The summed E-state index contributed by atoms with van der Waals surface area (Å²) in [5.41, 5.74) is 0. The van der Waals surface area contributed by atoms with Crippen LogP contribution < -0.4 is 10.6 Å². The van der Waals surface area contributed by atoms with Crippen LogP contribution in [0.1, 0.15) is 310 Å². The van der Waals surface area contributed by atoms with Crippen molar-refractivity contribution in [3.63, 3.8) is 0 Å². The van der Waals surface area contributed by atoms with Gasteiger partial charge in [0.1, 0.15) is 36.5 Å². The SMILES string of the molecule is CCCCCCCCCCCC(O)CC(=O)N[C@H]1[C@H](OC[C@H]2O[C@@H](OP(=O)(O)O)[C@H](NC(=O)CC(O)CCCCCCCCCCC)[C@@H](OC(=O)CC(O)CCCCCCCCCCC)[C@@H]2O)O[C@H](CO)[C@@H](O)[C@@H]1OC(=O)CC(O)CCCCCCCCCCC. The summed E-state index contributed by atoms with van der Waals surface area (Å²) in [6.45, 7) is 6.95. The third kappa shape index (κ3) is 40.7. The van der Waals surface area contributed by atoms with Gasteiger partial charge in [0.25, 0.3) is 0 Å². The molecule has 2 aliphatic rings. The van der Waals surface area contributed by atoms with Gasteiger partial charge in [0.05, 0.1) is 63.3 Å². The van der Waals surface area contributed by atoms with Gasteiger partial charge < -0.3 is 79.9 Å². The van der Waals surface area contributed by atoms with E-state index >= 15 is 0 Å². The Labute approximate surface area is 546 Å². The van der Waals surface area contributed by atoms with Crippen LogP contribution in [0.4, 0.5) is 0 Å². The molecule has 0 aromatic carbocycles. The monoisotopic (exact) mass is 1320 g/mol. The predicted octanol–water partition coefficient (Wildman–Crippen LogP) is 10.8. The van der Waals surface area contributed by atoms with Crippen molar-refractivity contribution in [3.8, 4) is 0 Å². The van der Waals surface area contributed by atoms with E-state index in [1.54, 1.807) is 0 Å². The second-order valence-electron chi connectivity index (χ2n) is 26.2. The topological polar surface area (TPSA) is 347 Å². The van der Waals surface area contributed by atoms with Crippen LogP contribution in [0.2, 0.25) is 0 Å². The lowest BCUT2D eigenvalue weighted by Crippen LogP contribution is -2.67. The molecule has 2 aliphatic heterocycles. The lowest BCUT2D eigenvalue weighted by atomic mass is 9.95. The number of ether oxygens (including phenoxy) is 5. The third-order valence-electron chi connectivity index (χ3n) is 17.6. The lowest BCUT2D eigenvalue weighted by Gasteiger charge is -2.46. The Kier molecular flexibility index (Phi) is 49.1. The Morgan fingerprint density at radius 3 is 1.00 bits per heavy atom. The van der Waals surface area contributed by atoms with Crippen LogP contribution in [-0.2, 0) is 52.0 Å². The average molecular weight is 1330 g/mol. The minimum Gasteiger partial charge on any atom is -0.457 e. The number of nitrogens with one attached hydrogen (secondary N) is 2. The second kappa shape index (κ2) is 52.7. The number of phosphoric ester groups is 1. The molecule has 0 radical (unpaired) electrons. The zero-order chi connectivity index (χ0) is 67.1. The molecule has 0 spiro atoms. The molecular weight excluding hydrogens is 1200 g/mol. The Bertz CT molecular complexity index is 1890. The molecule has 2 amide bonds. The minimum absolute atomic E-state index is 0.246. The smallest absolute Gasteiger partial charge is 0.457 e. The maximum Gasteiger partial charge on any atom is 0.472 e. The van der Waals surface area contributed by atoms with Crippen molar-refractivity contribution in [3.05, 3.63) is 0 Å². The number of rotatable bonds is 58. The maximum absolute atomic E-state index is 13.9. The van der Waals surface area contributed by atoms with Crippen molar-refractivity contribution in [2.45, 2.75) is 396 Å². The van der Waals surface area contributed by atoms with Crippen LogP contribution in [0.3, 0.4) is 0 Å². The Balaban J connectivity index is 2.43. The summed E-state index contributed by atoms with van der Waals surface area (Å²) in [5.74, 6) is -3.62. The highest BCUT2D eigenvalue weighted by Gasteiger charge is 2.53. The number of amides is 2. The molecule has 2 saturated heterocycles. The number of phosphoric acid groups is 1. The van der Waals surface area contributed by atoms with E-state index in [1.807, 2.05) is 0 Å². The summed E-state index contributed by atoms with van der Waals surface area (Å²) in [6.07, 6.45) is 17.3. The van der Waals surface area contributed by atoms with E-state index < -0.39 is 156 Å². The molecule has 91 heavy (non-hydrogen) atoms. The quantitative estimate of drug-likeness (QED) is 0.0153. The fourth-order valence-electron chi connectivity index (χ4n) is 12.1. The van der Waals surface area contributed by atoms with Crippen molar-refractivity contribution in [1.29, 1.82) is 0 Å². The fraction of sp³-hybridized carbons (Fsp3) is 0.941. The van der Waals surface area contributed by atoms with Crippen LogP contribution >= 0.6 is 7.82 Å². The van der Waals surface area contributed by atoms with E-state index in [-0.39, 0.29) is 12.8 Å². The molecule has 0 bridgehead atoms. The molecule has 2 heterocycles. The van der Waals surface area contributed by atoms with Crippen molar-refractivity contribution in [2.24, 2.45) is 0 Å². The van der Waals surface area contributed by atoms with Crippen molar-refractivity contribution < 1.29 is 97.5 Å². The van der Waals surface area contributed by atoms with E-state index in [0.717, 1.165) is 135 Å². The Hall–Kier alpha value is -2.41. The first kappa shape index (κ1) is 84.7. The Morgan fingerprint density at radius 2 is 0.692 bits per heavy atom. The van der Waals surface area contributed by atoms with Gasteiger partial charge in [-0.3, -0.25) is 23.7 Å². The molecule has 23 heteroatoms. The molecular formula is C68H129N2O20P. The molecule has 0 aromatic rings. The standard InChI is InChI=1S/C68H129N2O20P/c1-5-9-13-17-21-25-29-33-37-41-51(72)45-57(76)69-61-65(88-59(78)47-53(74)43-39-35-31-27-23-19-15-11-7-3)63(80)55(49-71)86-67(61)85-50-56-64(81)66(89-60(79)48-54(75)44-40-36-32-28-24-20-16-12-8-4)62(68(87-56)90-91(82,83)84)70-58(77)46-52(73)42-38-34-30-26-22-18-14-10-6-2/h51-56,61-68,71-75,80-81H,5-50H2,1-4H3,(H,69,76)(H,70,77)(H2,82,83,84)/t51?,52?,53?,54?,55-,56-,61-,62-,63-,64-,65-,66-,67-,68+/m1/s1. The van der Waals surface area contributed by atoms with E-state index in [2.05, 4.69) is 38.3 Å². The highest BCUT2D eigenvalue weighted by molar-refractivity contribution is 7.46. The highest BCUT2D eigenvalue weighted by atomic mass is 31.2. The molecule has 0 saturated carbocycles. The summed E-state index contributed by atoms with van der Waals surface area (Å²) in [4.78, 5) is 75.5. The average Bonchev–Trinajstić information content (AvgIpc) is 1.02. The van der Waals surface area contributed by atoms with Crippen molar-refractivity contribution >= 4 is 31.6 Å². The zero-order valence-corrected chi connectivity index (χ0v) is 57.5. The summed E-state index contributed by atoms with van der Waals surface area (Å²) in [7, 11) is -5.54. The van der Waals surface area contributed by atoms with Crippen LogP contribution in [0.25, 0.3) is 0 Å². The first-order valence-corrected chi connectivity index (χ1v) is 37.6. The molecule has 4 unspecified atom stereocenters. The summed E-state index contributed by atoms with van der Waals surface area (Å²) in [5, 5.41) is 83.4. The molecule has 14 atom stereocenters. The molecule has 2 fully saturated rings. The van der Waals surface area contributed by atoms with E-state index in [0.29, 0.717) is 38.5 Å². The number of aliphatic hydroxyl groups excluding tert-OH is 7. The molecule has 2 rings (SSSR count). The van der Waals surface area contributed by atoms with Gasteiger partial charge in [0.15, 0.2) is 24.8 Å². The largest absolute Gasteiger partial charge is 0.472 e. The normalized spacial score (nSPS) is 23.3. The number of hydrogen-bond acceptors (Lipinski definition) is 18. The van der Waals surface area contributed by atoms with Crippen molar-refractivity contribution in [2.75, 3.05) is 13.2 Å². The van der Waals surface area contributed by atoms with Gasteiger partial charge in [-0.05, 0) is 25.7 Å². The van der Waals surface area contributed by atoms with Gasteiger partial charge in [-0.2, -0.15) is 0 Å². The number of carbonyl (C=O) groups is 4. The van der Waals surface area contributed by atoms with E-state index in [4.69, 9.17) is 28.2 Å². The third-order valence-corrected chi connectivity index (χ3v) is 18.1. The van der Waals surface area contributed by atoms with Gasteiger partial charge in [-0.1, -0.05) is 259 Å². The maximum atomic E-state index is 13.9. The fourth-order valence-corrected chi connectivity index (χ4v) is 12.6. The highest BCUT2D eigenvalue weighted by Crippen LogP contribution is 2.41. The summed E-state index contributed by atoms with van der Waals surface area (Å²) < 4.78 is 47.5. The summed E-state index contributed by atoms with van der Waals surface area (Å²) in [6, 6.07) is -3.44. The van der Waals surface area contributed by atoms with Crippen LogP contribution in [-0.4, -0.2) is 168 Å². The molecule has 536 valence electrons. The van der Waals surface area contributed by atoms with Gasteiger partial charge in [-0.15, -0.1) is 0 Å². The first-order valence-electron chi connectivity index (χ1n) is 36.1. The second-order valence-corrected chi connectivity index (χ2v) is 27.4. The van der Waals surface area contributed by atoms with Gasteiger partial charge in [-0.25, -0.2) is 4.57 Å². The molecule has 11 N–H and O–H groups in total. The minimum atomic E-state index is -5.54. The number of aliphatic hydroxyl groups is 7. The first-order chi connectivity index (χ1) is 43.8. The molecule has 0 aliphatic carbocycles. The number of carbonyl (C=O) groups excluding carboxylic acids is 4. The number of hydrogen-bond donors (Lipinski definition) is 11. The lowest BCUT2D eigenvalue weighted by molar-refractivity contribution is -0.298. The van der Waals surface area contributed by atoms with Crippen LogP contribution in [0.15, 0.2) is 0 Å². The molecule has 0 aromatic heterocycles. The van der Waals surface area contributed by atoms with Crippen molar-refractivity contribution in [1.82, 2.24) is 10.6 Å². The summed E-state index contributed by atoms with van der Waals surface area (Å²) >= 11 is 0. The van der Waals surface area contributed by atoms with Crippen LogP contribution in [0, 0.1) is 0 Å². The van der Waals surface area contributed by atoms with Gasteiger partial charge in [0.2, 0.25) is 11.8 Å². The van der Waals surface area contributed by atoms with E-state index in [1.165, 1.54) is 70.6 Å². The zero-order valence-electron chi connectivity index (χ0n) is 56.6. The Morgan fingerprint density at radius 1 is 0.418 bits per heavy atom. The molecule has 22 nitrogen and oxygen atoms in total. The van der Waals surface area contributed by atoms with Gasteiger partial charge in [0, 0.05) is 0 Å². The number of unbranched alkanes of at least 4 members (excludes halogenated alkanes) is 32.